The Morgan fingerprint density at radius 1 is 0.973 bits per heavy atom. The van der Waals surface area contributed by atoms with E-state index in [9.17, 15) is 14.4 Å². The molecule has 0 N–H and O–H groups in total. The van der Waals surface area contributed by atoms with Gasteiger partial charge in [0.15, 0.2) is 12.4 Å². The third-order valence-corrected chi connectivity index (χ3v) is 6.95. The van der Waals surface area contributed by atoms with Crippen molar-refractivity contribution in [3.8, 4) is 16.9 Å². The summed E-state index contributed by atoms with van der Waals surface area (Å²) < 4.78 is 16.8. The van der Waals surface area contributed by atoms with Crippen molar-refractivity contribution in [2.45, 2.75) is 25.0 Å². The fraction of sp³-hybridized carbons (Fsp3) is 0.233. The van der Waals surface area contributed by atoms with Gasteiger partial charge in [0.2, 0.25) is 0 Å². The van der Waals surface area contributed by atoms with Crippen molar-refractivity contribution in [3.05, 3.63) is 102 Å². The zero-order valence-electron chi connectivity index (χ0n) is 19.9. The zero-order chi connectivity index (χ0) is 25.8. The maximum absolute atomic E-state index is 13.0. The van der Waals surface area contributed by atoms with Gasteiger partial charge in [0.25, 0.3) is 0 Å². The molecule has 0 radical (unpaired) electrons. The van der Waals surface area contributed by atoms with Crippen LogP contribution in [0.1, 0.15) is 23.2 Å². The monoisotopic (exact) mass is 516 g/mol. The Bertz CT molecular complexity index is 1320. The molecule has 7 heteroatoms. The maximum Gasteiger partial charge on any atom is 0.338 e. The average Bonchev–Trinajstić information content (AvgIpc) is 3.42. The Labute approximate surface area is 219 Å². The SMILES string of the molecule is O=C(/C=C/[C@H]1[C@H]2CC(=O)O[C@@H]2C[C@@H]1OC(=O)c1ccc(-c2ccccc2)cc1)COc1cccc(Cl)c1. The van der Waals surface area contributed by atoms with Crippen molar-refractivity contribution in [3.63, 3.8) is 0 Å². The minimum absolute atomic E-state index is 0.149. The summed E-state index contributed by atoms with van der Waals surface area (Å²) in [5, 5.41) is 0.516. The van der Waals surface area contributed by atoms with Gasteiger partial charge in [0, 0.05) is 23.3 Å². The summed E-state index contributed by atoms with van der Waals surface area (Å²) in [4.78, 5) is 37.3. The molecule has 5 rings (SSSR count). The van der Waals surface area contributed by atoms with Crippen molar-refractivity contribution >= 4 is 29.3 Å². The number of halogens is 1. The van der Waals surface area contributed by atoms with E-state index in [1.54, 1.807) is 42.5 Å². The summed E-state index contributed by atoms with van der Waals surface area (Å²) in [7, 11) is 0. The van der Waals surface area contributed by atoms with E-state index >= 15 is 0 Å². The fourth-order valence-corrected chi connectivity index (χ4v) is 5.08. The van der Waals surface area contributed by atoms with Crippen LogP contribution < -0.4 is 4.74 Å². The third kappa shape index (κ3) is 5.92. The molecule has 188 valence electrons. The molecule has 3 aromatic rings. The van der Waals surface area contributed by atoms with Crippen LogP contribution in [0.15, 0.2) is 91.0 Å². The van der Waals surface area contributed by atoms with Crippen LogP contribution in [0.25, 0.3) is 11.1 Å². The van der Waals surface area contributed by atoms with E-state index in [0.717, 1.165) is 11.1 Å². The Balaban J connectivity index is 1.24. The van der Waals surface area contributed by atoms with E-state index in [1.807, 2.05) is 42.5 Å². The van der Waals surface area contributed by atoms with Crippen molar-refractivity contribution in [2.24, 2.45) is 11.8 Å². The van der Waals surface area contributed by atoms with E-state index in [4.69, 9.17) is 25.8 Å². The van der Waals surface area contributed by atoms with Crippen LogP contribution in [-0.2, 0) is 19.1 Å². The highest BCUT2D eigenvalue weighted by Gasteiger charge is 2.50. The number of rotatable bonds is 8. The molecule has 3 aromatic carbocycles. The maximum atomic E-state index is 13.0. The van der Waals surface area contributed by atoms with Crippen molar-refractivity contribution < 1.29 is 28.6 Å². The molecule has 37 heavy (non-hydrogen) atoms. The zero-order valence-corrected chi connectivity index (χ0v) is 20.7. The van der Waals surface area contributed by atoms with E-state index in [2.05, 4.69) is 0 Å². The van der Waals surface area contributed by atoms with Gasteiger partial charge in [-0.1, -0.05) is 66.2 Å². The molecule has 0 spiro atoms. The highest BCUT2D eigenvalue weighted by Crippen LogP contribution is 2.43. The van der Waals surface area contributed by atoms with Crippen molar-refractivity contribution in [1.29, 1.82) is 0 Å². The van der Waals surface area contributed by atoms with Crippen LogP contribution in [-0.4, -0.2) is 36.5 Å². The first-order valence-corrected chi connectivity index (χ1v) is 12.5. The molecule has 2 aliphatic rings. The van der Waals surface area contributed by atoms with Gasteiger partial charge in [-0.2, -0.15) is 0 Å². The topological polar surface area (TPSA) is 78.9 Å². The van der Waals surface area contributed by atoms with Gasteiger partial charge < -0.3 is 14.2 Å². The molecule has 4 atom stereocenters. The molecular formula is C30H25ClO6. The first-order valence-electron chi connectivity index (χ1n) is 12.1. The van der Waals surface area contributed by atoms with Crippen LogP contribution in [0, 0.1) is 11.8 Å². The van der Waals surface area contributed by atoms with Crippen LogP contribution in [0.5, 0.6) is 5.75 Å². The predicted molar refractivity (Wildman–Crippen MR) is 138 cm³/mol. The molecule has 0 bridgehead atoms. The number of hydrogen-bond donors (Lipinski definition) is 0. The fourth-order valence-electron chi connectivity index (χ4n) is 4.90. The number of ketones is 1. The third-order valence-electron chi connectivity index (χ3n) is 6.72. The Hall–Kier alpha value is -3.90. The molecule has 1 saturated carbocycles. The molecule has 0 aromatic heterocycles. The van der Waals surface area contributed by atoms with E-state index in [0.29, 0.717) is 22.8 Å². The van der Waals surface area contributed by atoms with Gasteiger partial charge in [-0.15, -0.1) is 0 Å². The number of carbonyl (C=O) groups excluding carboxylic acids is 3. The quantitative estimate of drug-likeness (QED) is 0.283. The highest BCUT2D eigenvalue weighted by atomic mass is 35.5. The molecule has 1 saturated heterocycles. The van der Waals surface area contributed by atoms with E-state index in [1.165, 1.54) is 6.08 Å². The van der Waals surface area contributed by atoms with Crippen LogP contribution in [0.3, 0.4) is 0 Å². The summed E-state index contributed by atoms with van der Waals surface area (Å²) >= 11 is 5.95. The Kier molecular flexibility index (Phi) is 7.37. The number of ether oxygens (including phenoxy) is 3. The number of esters is 2. The highest BCUT2D eigenvalue weighted by molar-refractivity contribution is 6.30. The Morgan fingerprint density at radius 3 is 2.49 bits per heavy atom. The van der Waals surface area contributed by atoms with Crippen LogP contribution in [0.4, 0.5) is 0 Å². The van der Waals surface area contributed by atoms with Gasteiger partial charge in [-0.25, -0.2) is 4.79 Å². The van der Waals surface area contributed by atoms with Gasteiger partial charge in [-0.05, 0) is 47.5 Å². The lowest BCUT2D eigenvalue weighted by molar-refractivity contribution is -0.141. The number of carbonyl (C=O) groups is 3. The first-order chi connectivity index (χ1) is 18.0. The number of hydrogen-bond acceptors (Lipinski definition) is 6. The molecule has 0 unspecified atom stereocenters. The molecule has 2 fully saturated rings. The van der Waals surface area contributed by atoms with Crippen molar-refractivity contribution in [1.82, 2.24) is 0 Å². The summed E-state index contributed by atoms with van der Waals surface area (Å²) in [6.07, 6.45) is 2.92. The van der Waals surface area contributed by atoms with Gasteiger partial charge >= 0.3 is 11.9 Å². The summed E-state index contributed by atoms with van der Waals surface area (Å²) in [6, 6.07) is 23.9. The van der Waals surface area contributed by atoms with Gasteiger partial charge in [-0.3, -0.25) is 9.59 Å². The second-order valence-electron chi connectivity index (χ2n) is 9.17. The predicted octanol–water partition coefficient (Wildman–Crippen LogP) is 5.69. The van der Waals surface area contributed by atoms with Crippen molar-refractivity contribution in [2.75, 3.05) is 6.61 Å². The van der Waals surface area contributed by atoms with E-state index in [-0.39, 0.29) is 42.7 Å². The summed E-state index contributed by atoms with van der Waals surface area (Å²) in [5.74, 6) is -0.955. The first kappa shape index (κ1) is 24.8. The lowest BCUT2D eigenvalue weighted by atomic mass is 9.91. The molecule has 0 amide bonds. The molecule has 6 nitrogen and oxygen atoms in total. The Morgan fingerprint density at radius 2 is 1.73 bits per heavy atom. The second-order valence-corrected chi connectivity index (χ2v) is 9.60. The minimum Gasteiger partial charge on any atom is -0.485 e. The number of benzene rings is 3. The normalized spacial score (nSPS) is 22.5. The molecule has 1 heterocycles. The standard InChI is InChI=1S/C30H25ClO6/c31-22-7-4-8-24(15-22)35-18-23(32)13-14-25-26-16-29(33)36-28(26)17-27(25)37-30(34)21-11-9-20(10-12-21)19-5-2-1-3-6-19/h1-15,25-28H,16-18H2/b14-13+/t25-,26+,27-,28+/m0/s1. The molecule has 1 aliphatic carbocycles. The average molecular weight is 517 g/mol. The van der Waals surface area contributed by atoms with Gasteiger partial charge in [0.05, 0.1) is 12.0 Å². The van der Waals surface area contributed by atoms with Gasteiger partial charge in [0.1, 0.15) is 18.0 Å². The van der Waals surface area contributed by atoms with Crippen LogP contribution >= 0.6 is 11.6 Å². The number of fused-ring (bicyclic) bond motifs is 1. The van der Waals surface area contributed by atoms with E-state index < -0.39 is 12.1 Å². The lowest BCUT2D eigenvalue weighted by Crippen LogP contribution is -2.25. The minimum atomic E-state index is -0.512. The second kappa shape index (κ2) is 11.0. The smallest absolute Gasteiger partial charge is 0.338 e. The summed E-state index contributed by atoms with van der Waals surface area (Å²) in [5.41, 5.74) is 2.49. The molecular weight excluding hydrogens is 492 g/mol. The lowest BCUT2D eigenvalue weighted by Gasteiger charge is -2.20. The molecule has 1 aliphatic heterocycles. The van der Waals surface area contributed by atoms with Crippen LogP contribution in [0.2, 0.25) is 5.02 Å². The summed E-state index contributed by atoms with van der Waals surface area (Å²) in [6.45, 7) is -0.161. The largest absolute Gasteiger partial charge is 0.485 e.